The molecule has 1 N–H and O–H groups in total. The number of rotatable bonds is 8. The maximum Gasteiger partial charge on any atom is 0.0850 e. The van der Waals surface area contributed by atoms with Crippen LogP contribution in [-0.4, -0.2) is 22.4 Å². The Morgan fingerprint density at radius 1 is 1.33 bits per heavy atom. The Balaban J connectivity index is 2.04. The van der Waals surface area contributed by atoms with Crippen LogP contribution >= 0.6 is 11.6 Å². The molecule has 0 saturated heterocycles. The average molecular weight is 312 g/mol. The molecule has 1 heterocycles. The second-order valence-electron chi connectivity index (χ2n) is 6.43. The molecule has 0 amide bonds. The van der Waals surface area contributed by atoms with Crippen molar-refractivity contribution in [2.24, 2.45) is 13.0 Å². The van der Waals surface area contributed by atoms with Crippen LogP contribution in [0.25, 0.3) is 0 Å². The third-order valence-electron chi connectivity index (χ3n) is 4.72. The molecule has 1 aromatic rings. The molecule has 4 heteroatoms. The van der Waals surface area contributed by atoms with Crippen molar-refractivity contribution in [3.63, 3.8) is 0 Å². The molecular formula is C17H30ClN3. The Kier molecular flexibility index (Phi) is 6.56. The van der Waals surface area contributed by atoms with Gasteiger partial charge < -0.3 is 5.32 Å². The van der Waals surface area contributed by atoms with E-state index in [-0.39, 0.29) is 0 Å². The van der Waals surface area contributed by atoms with E-state index in [0.29, 0.717) is 6.04 Å². The molecular weight excluding hydrogens is 282 g/mol. The molecule has 0 aliphatic heterocycles. The van der Waals surface area contributed by atoms with Gasteiger partial charge in [-0.15, -0.1) is 0 Å². The van der Waals surface area contributed by atoms with Crippen LogP contribution in [0.15, 0.2) is 0 Å². The predicted molar refractivity (Wildman–Crippen MR) is 90.0 cm³/mol. The van der Waals surface area contributed by atoms with E-state index >= 15 is 0 Å². The van der Waals surface area contributed by atoms with Crippen LogP contribution in [0, 0.1) is 5.92 Å². The lowest BCUT2D eigenvalue weighted by Crippen LogP contribution is -2.34. The molecule has 120 valence electrons. The predicted octanol–water partition coefficient (Wildman–Crippen LogP) is 4.13. The topological polar surface area (TPSA) is 29.9 Å². The number of nitrogens with one attached hydrogen (secondary N) is 1. The van der Waals surface area contributed by atoms with E-state index in [4.69, 9.17) is 11.6 Å². The minimum Gasteiger partial charge on any atom is -0.314 e. The second kappa shape index (κ2) is 8.19. The third kappa shape index (κ3) is 4.46. The number of hydrogen-bond donors (Lipinski definition) is 1. The van der Waals surface area contributed by atoms with E-state index in [1.807, 2.05) is 11.7 Å². The highest BCUT2D eigenvalue weighted by atomic mass is 35.5. The van der Waals surface area contributed by atoms with Gasteiger partial charge in [-0.05, 0) is 31.7 Å². The van der Waals surface area contributed by atoms with Crippen LogP contribution < -0.4 is 5.32 Å². The van der Waals surface area contributed by atoms with Gasteiger partial charge in [-0.3, -0.25) is 4.68 Å². The fraction of sp³-hybridized carbons (Fsp3) is 0.824. The van der Waals surface area contributed by atoms with Gasteiger partial charge in [0.25, 0.3) is 0 Å². The van der Waals surface area contributed by atoms with Crippen LogP contribution in [0.5, 0.6) is 0 Å². The first-order valence-corrected chi connectivity index (χ1v) is 8.97. The van der Waals surface area contributed by atoms with Gasteiger partial charge in [-0.1, -0.05) is 51.1 Å². The minimum absolute atomic E-state index is 0.533. The standard InChI is InChI=1S/C17H30ClN3/c1-4-10-19-14(11-13-8-6-7-9-13)12-16-17(18)15(5-2)20-21(16)3/h13-14,19H,4-12H2,1-3H3. The van der Waals surface area contributed by atoms with Crippen molar-refractivity contribution in [3.05, 3.63) is 16.4 Å². The average Bonchev–Trinajstić information content (AvgIpc) is 3.07. The highest BCUT2D eigenvalue weighted by molar-refractivity contribution is 6.31. The lowest BCUT2D eigenvalue weighted by molar-refractivity contribution is 0.380. The molecule has 1 aliphatic rings. The Morgan fingerprint density at radius 2 is 2.05 bits per heavy atom. The first-order chi connectivity index (χ1) is 10.2. The van der Waals surface area contributed by atoms with E-state index in [9.17, 15) is 0 Å². The molecule has 3 nitrogen and oxygen atoms in total. The molecule has 1 atom stereocenters. The molecule has 1 aliphatic carbocycles. The zero-order valence-electron chi connectivity index (χ0n) is 13.8. The van der Waals surface area contributed by atoms with E-state index in [2.05, 4.69) is 24.3 Å². The van der Waals surface area contributed by atoms with Gasteiger partial charge in [-0.25, -0.2) is 0 Å². The fourth-order valence-corrected chi connectivity index (χ4v) is 3.88. The lowest BCUT2D eigenvalue weighted by atomic mass is 9.95. The summed E-state index contributed by atoms with van der Waals surface area (Å²) >= 11 is 6.51. The number of halogens is 1. The van der Waals surface area contributed by atoms with Gasteiger partial charge in [0.05, 0.1) is 16.4 Å². The molecule has 1 unspecified atom stereocenters. The second-order valence-corrected chi connectivity index (χ2v) is 6.80. The molecule has 0 radical (unpaired) electrons. The van der Waals surface area contributed by atoms with Crippen molar-refractivity contribution >= 4 is 11.6 Å². The Bertz CT molecular complexity index is 435. The monoisotopic (exact) mass is 311 g/mol. The lowest BCUT2D eigenvalue weighted by Gasteiger charge is -2.22. The first-order valence-electron chi connectivity index (χ1n) is 8.59. The van der Waals surface area contributed by atoms with Gasteiger partial charge in [0, 0.05) is 19.5 Å². The normalized spacial score (nSPS) is 17.5. The summed E-state index contributed by atoms with van der Waals surface area (Å²) in [6.45, 7) is 5.43. The third-order valence-corrected chi connectivity index (χ3v) is 5.15. The molecule has 2 rings (SSSR count). The van der Waals surface area contributed by atoms with E-state index in [1.165, 1.54) is 44.2 Å². The van der Waals surface area contributed by atoms with Crippen LogP contribution in [-0.2, 0) is 19.9 Å². The van der Waals surface area contributed by atoms with Crippen molar-refractivity contribution in [2.45, 2.75) is 71.3 Å². The summed E-state index contributed by atoms with van der Waals surface area (Å²) in [6, 6.07) is 0.533. The number of aryl methyl sites for hydroxylation is 2. The van der Waals surface area contributed by atoms with Crippen molar-refractivity contribution in [2.75, 3.05) is 6.54 Å². The molecule has 1 fully saturated rings. The summed E-state index contributed by atoms with van der Waals surface area (Å²) < 4.78 is 1.98. The quantitative estimate of drug-likeness (QED) is 0.782. The summed E-state index contributed by atoms with van der Waals surface area (Å²) in [4.78, 5) is 0. The fourth-order valence-electron chi connectivity index (χ4n) is 3.51. The summed E-state index contributed by atoms with van der Waals surface area (Å²) in [5.41, 5.74) is 2.23. The first kappa shape index (κ1) is 16.8. The van der Waals surface area contributed by atoms with Gasteiger partial charge in [0.1, 0.15) is 0 Å². The van der Waals surface area contributed by atoms with Crippen molar-refractivity contribution < 1.29 is 0 Å². The van der Waals surface area contributed by atoms with Crippen LogP contribution in [0.2, 0.25) is 5.02 Å². The van der Waals surface area contributed by atoms with Gasteiger partial charge in [-0.2, -0.15) is 5.10 Å². The number of hydrogen-bond acceptors (Lipinski definition) is 2. The van der Waals surface area contributed by atoms with Gasteiger partial charge in [0.2, 0.25) is 0 Å². The molecule has 0 spiro atoms. The number of nitrogens with zero attached hydrogens (tertiary/aromatic N) is 2. The molecule has 1 aromatic heterocycles. The zero-order valence-corrected chi connectivity index (χ0v) is 14.5. The van der Waals surface area contributed by atoms with Crippen LogP contribution in [0.4, 0.5) is 0 Å². The summed E-state index contributed by atoms with van der Waals surface area (Å²) in [7, 11) is 2.02. The summed E-state index contributed by atoms with van der Waals surface area (Å²) in [5, 5.41) is 9.16. The van der Waals surface area contributed by atoms with E-state index in [1.54, 1.807) is 0 Å². The molecule has 21 heavy (non-hydrogen) atoms. The number of aromatic nitrogens is 2. The Morgan fingerprint density at radius 3 is 2.62 bits per heavy atom. The maximum absolute atomic E-state index is 6.51. The van der Waals surface area contributed by atoms with Crippen molar-refractivity contribution in [1.29, 1.82) is 0 Å². The largest absolute Gasteiger partial charge is 0.314 e. The van der Waals surface area contributed by atoms with E-state index in [0.717, 1.165) is 36.0 Å². The SMILES string of the molecule is CCCNC(Cc1c(Cl)c(CC)nn1C)CC1CCCC1. The zero-order chi connectivity index (χ0) is 15.2. The molecule has 0 bridgehead atoms. The highest BCUT2D eigenvalue weighted by Crippen LogP contribution is 2.30. The Hall–Kier alpha value is -0.540. The smallest absolute Gasteiger partial charge is 0.0850 e. The van der Waals surface area contributed by atoms with Crippen LogP contribution in [0.3, 0.4) is 0 Å². The Labute approximate surface area is 134 Å². The molecule has 0 aromatic carbocycles. The highest BCUT2D eigenvalue weighted by Gasteiger charge is 2.23. The van der Waals surface area contributed by atoms with Gasteiger partial charge >= 0.3 is 0 Å². The summed E-state index contributed by atoms with van der Waals surface area (Å²) in [5.74, 6) is 0.900. The van der Waals surface area contributed by atoms with Crippen LogP contribution in [0.1, 0.15) is 63.8 Å². The maximum atomic E-state index is 6.51. The van der Waals surface area contributed by atoms with Crippen molar-refractivity contribution in [1.82, 2.24) is 15.1 Å². The van der Waals surface area contributed by atoms with E-state index < -0.39 is 0 Å². The van der Waals surface area contributed by atoms with Gasteiger partial charge in [0.15, 0.2) is 0 Å². The van der Waals surface area contributed by atoms with Crippen molar-refractivity contribution in [3.8, 4) is 0 Å². The molecule has 1 saturated carbocycles. The summed E-state index contributed by atoms with van der Waals surface area (Å²) in [6.07, 6.45) is 10.0. The minimum atomic E-state index is 0.533.